The Morgan fingerprint density at radius 2 is 1.90 bits per heavy atom. The lowest BCUT2D eigenvalue weighted by molar-refractivity contribution is -0.137. The number of amides is 1. The molecule has 5 rings (SSSR count). The van der Waals surface area contributed by atoms with Crippen molar-refractivity contribution in [2.45, 2.75) is 44.2 Å². The summed E-state index contributed by atoms with van der Waals surface area (Å²) in [6.45, 7) is 1.86. The van der Waals surface area contributed by atoms with Crippen molar-refractivity contribution in [3.63, 3.8) is 0 Å². The van der Waals surface area contributed by atoms with Gasteiger partial charge in [0.2, 0.25) is 5.91 Å². The second-order valence-electron chi connectivity index (χ2n) is 9.87. The summed E-state index contributed by atoms with van der Waals surface area (Å²) in [6, 6.07) is 16.4. The van der Waals surface area contributed by atoms with Gasteiger partial charge in [-0.2, -0.15) is 0 Å². The molecule has 1 aliphatic carbocycles. The Hall–Kier alpha value is -4.37. The Balaban J connectivity index is 1.46. The highest BCUT2D eigenvalue weighted by atomic mass is 19.1. The predicted molar refractivity (Wildman–Crippen MR) is 143 cm³/mol. The molecule has 1 amide bonds. The van der Waals surface area contributed by atoms with Gasteiger partial charge in [0.05, 0.1) is 17.1 Å². The minimum Gasteiger partial charge on any atom is -0.481 e. The van der Waals surface area contributed by atoms with Crippen LogP contribution in [-0.2, 0) is 9.59 Å². The lowest BCUT2D eigenvalue weighted by atomic mass is 9.77. The fourth-order valence-corrected chi connectivity index (χ4v) is 4.98. The van der Waals surface area contributed by atoms with Gasteiger partial charge in [0.15, 0.2) is 5.76 Å². The number of fused-ring (bicyclic) bond motifs is 1. The van der Waals surface area contributed by atoms with Gasteiger partial charge in [-0.05, 0) is 55.7 Å². The van der Waals surface area contributed by atoms with Crippen LogP contribution in [0.4, 0.5) is 10.1 Å². The molecule has 0 fully saturated rings. The first-order chi connectivity index (χ1) is 18.7. The molecular weight excluding hydrogens is 501 g/mol. The molecule has 0 saturated heterocycles. The van der Waals surface area contributed by atoms with E-state index in [1.807, 2.05) is 31.2 Å². The van der Waals surface area contributed by atoms with Gasteiger partial charge in [0.1, 0.15) is 23.5 Å². The summed E-state index contributed by atoms with van der Waals surface area (Å²) in [6.07, 6.45) is 5.82. The van der Waals surface area contributed by atoms with Gasteiger partial charge in [0, 0.05) is 24.5 Å². The lowest BCUT2D eigenvalue weighted by Gasteiger charge is -2.41. The minimum atomic E-state index is -0.972. The number of unbranched alkanes of at least 4 members (excludes halogenated alkanes) is 1. The number of halogens is 1. The standard InChI is InChI=1S/C30H28FN3O5/c1-30-18-20(24-17-25(39-33-24)28(37)19-7-3-2-4-8-19)11-16-23(30)29(38)34(22-14-12-21(31)13-15-22)26(32-30)9-5-6-10-27(35)36/h2-4,7-8,11-18,23,28,37H,5-6,9-10H2,1H3,(H,35,36)/t23?,28-,30?/m0/s1. The Kier molecular flexibility index (Phi) is 7.26. The number of carboxylic acids is 1. The van der Waals surface area contributed by atoms with E-state index in [1.54, 1.807) is 30.4 Å². The van der Waals surface area contributed by atoms with E-state index in [9.17, 15) is 19.1 Å². The average Bonchev–Trinajstić information content (AvgIpc) is 3.42. The number of carbonyl (C=O) groups is 2. The van der Waals surface area contributed by atoms with E-state index >= 15 is 0 Å². The number of aliphatic hydroxyl groups excluding tert-OH is 1. The summed E-state index contributed by atoms with van der Waals surface area (Å²) < 4.78 is 19.1. The van der Waals surface area contributed by atoms with Gasteiger partial charge in [-0.1, -0.05) is 47.6 Å². The molecule has 2 unspecified atom stereocenters. The number of aliphatic carboxylic acids is 1. The van der Waals surface area contributed by atoms with Crippen molar-refractivity contribution in [3.8, 4) is 0 Å². The van der Waals surface area contributed by atoms with Crippen LogP contribution in [0.5, 0.6) is 0 Å². The summed E-state index contributed by atoms with van der Waals surface area (Å²) in [5.74, 6) is -1.34. The number of aliphatic hydroxyl groups is 1. The number of nitrogens with zero attached hydrogens (tertiary/aromatic N) is 3. The molecule has 8 nitrogen and oxygen atoms in total. The average molecular weight is 530 g/mol. The monoisotopic (exact) mass is 529 g/mol. The summed E-state index contributed by atoms with van der Waals surface area (Å²) in [4.78, 5) is 31.3. The normalized spacial score (nSPS) is 21.3. The van der Waals surface area contributed by atoms with E-state index in [1.165, 1.54) is 29.2 Å². The molecule has 1 aliphatic heterocycles. The Labute approximate surface area is 224 Å². The van der Waals surface area contributed by atoms with Gasteiger partial charge in [-0.25, -0.2) is 4.39 Å². The smallest absolute Gasteiger partial charge is 0.303 e. The van der Waals surface area contributed by atoms with Crippen LogP contribution in [-0.4, -0.2) is 38.6 Å². The van der Waals surface area contributed by atoms with E-state index < -0.39 is 29.3 Å². The van der Waals surface area contributed by atoms with Crippen molar-refractivity contribution < 1.29 is 28.7 Å². The molecule has 0 bridgehead atoms. The number of amidine groups is 1. The topological polar surface area (TPSA) is 116 Å². The van der Waals surface area contributed by atoms with Crippen LogP contribution >= 0.6 is 0 Å². The first kappa shape index (κ1) is 26.2. The second-order valence-corrected chi connectivity index (χ2v) is 9.87. The highest BCUT2D eigenvalue weighted by molar-refractivity contribution is 6.20. The number of carbonyl (C=O) groups excluding carboxylic acids is 1. The zero-order valence-corrected chi connectivity index (χ0v) is 21.3. The summed E-state index contributed by atoms with van der Waals surface area (Å²) >= 11 is 0. The second kappa shape index (κ2) is 10.8. The SMILES string of the molecule is CC12C=C(c3cc([C@@H](O)c4ccccc4)on3)C=CC1C(=O)N(c1ccc(F)cc1)C(CCCCC(=O)O)=N2. The van der Waals surface area contributed by atoms with E-state index in [-0.39, 0.29) is 12.3 Å². The van der Waals surface area contributed by atoms with Crippen LogP contribution < -0.4 is 4.90 Å². The maximum absolute atomic E-state index is 13.8. The molecule has 0 saturated carbocycles. The van der Waals surface area contributed by atoms with Crippen molar-refractivity contribution >= 4 is 29.0 Å². The molecule has 9 heteroatoms. The van der Waals surface area contributed by atoms with Gasteiger partial charge in [0.25, 0.3) is 0 Å². The van der Waals surface area contributed by atoms with E-state index in [0.29, 0.717) is 53.4 Å². The number of hydrogen-bond donors (Lipinski definition) is 2. The maximum atomic E-state index is 13.8. The maximum Gasteiger partial charge on any atom is 0.303 e. The third kappa shape index (κ3) is 5.44. The fraction of sp³-hybridized carbons (Fsp3) is 0.267. The number of benzene rings is 2. The quantitative estimate of drug-likeness (QED) is 0.363. The largest absolute Gasteiger partial charge is 0.481 e. The van der Waals surface area contributed by atoms with Crippen LogP contribution in [0.25, 0.3) is 5.57 Å². The zero-order chi connectivity index (χ0) is 27.6. The third-order valence-corrected chi connectivity index (χ3v) is 6.99. The molecule has 39 heavy (non-hydrogen) atoms. The third-order valence-electron chi connectivity index (χ3n) is 6.99. The molecular formula is C30H28FN3O5. The molecule has 3 atom stereocenters. The number of aliphatic imine (C=N–C) groups is 1. The number of aromatic nitrogens is 1. The summed E-state index contributed by atoms with van der Waals surface area (Å²) in [7, 11) is 0. The van der Waals surface area contributed by atoms with Crippen LogP contribution in [0.15, 0.2) is 88.4 Å². The van der Waals surface area contributed by atoms with Crippen molar-refractivity contribution in [1.82, 2.24) is 5.16 Å². The molecule has 2 N–H and O–H groups in total. The van der Waals surface area contributed by atoms with Gasteiger partial charge in [-0.3, -0.25) is 19.5 Å². The Morgan fingerprint density at radius 3 is 2.62 bits per heavy atom. The van der Waals surface area contributed by atoms with Crippen LogP contribution in [0.2, 0.25) is 0 Å². The summed E-state index contributed by atoms with van der Waals surface area (Å²) in [5, 5.41) is 23.9. The molecule has 0 spiro atoms. The van der Waals surface area contributed by atoms with Crippen molar-refractivity contribution in [2.24, 2.45) is 10.9 Å². The fourth-order valence-electron chi connectivity index (χ4n) is 4.98. The molecule has 2 aromatic carbocycles. The number of anilines is 1. The van der Waals surface area contributed by atoms with Crippen LogP contribution in [0.1, 0.15) is 55.7 Å². The Bertz CT molecular complexity index is 1460. The van der Waals surface area contributed by atoms with Crippen molar-refractivity contribution in [3.05, 3.63) is 102 Å². The van der Waals surface area contributed by atoms with Gasteiger partial charge >= 0.3 is 5.97 Å². The van der Waals surface area contributed by atoms with Crippen molar-refractivity contribution in [1.29, 1.82) is 0 Å². The lowest BCUT2D eigenvalue weighted by Crippen LogP contribution is -2.53. The number of rotatable bonds is 9. The molecule has 2 aliphatic rings. The van der Waals surface area contributed by atoms with Crippen LogP contribution in [0.3, 0.4) is 0 Å². The van der Waals surface area contributed by atoms with Gasteiger partial charge < -0.3 is 14.7 Å². The predicted octanol–water partition coefficient (Wildman–Crippen LogP) is 5.31. The van der Waals surface area contributed by atoms with Gasteiger partial charge in [-0.15, -0.1) is 0 Å². The molecule has 3 aromatic rings. The molecule has 0 radical (unpaired) electrons. The number of hydrogen-bond acceptors (Lipinski definition) is 6. The molecule has 2 heterocycles. The highest BCUT2D eigenvalue weighted by Crippen LogP contribution is 2.40. The molecule has 200 valence electrons. The number of carboxylic acid groups (broad SMARTS) is 1. The van der Waals surface area contributed by atoms with E-state index in [0.717, 1.165) is 0 Å². The zero-order valence-electron chi connectivity index (χ0n) is 21.3. The summed E-state index contributed by atoms with van der Waals surface area (Å²) in [5.41, 5.74) is 1.44. The van der Waals surface area contributed by atoms with E-state index in [2.05, 4.69) is 5.16 Å². The molecule has 1 aromatic heterocycles. The number of allylic oxidation sites excluding steroid dienone is 2. The minimum absolute atomic E-state index is 0.0216. The first-order valence-electron chi connectivity index (χ1n) is 12.8. The van der Waals surface area contributed by atoms with E-state index in [4.69, 9.17) is 14.6 Å². The van der Waals surface area contributed by atoms with Crippen LogP contribution in [0, 0.1) is 11.7 Å². The Morgan fingerprint density at radius 1 is 1.15 bits per heavy atom. The highest BCUT2D eigenvalue weighted by Gasteiger charge is 2.46. The first-order valence-corrected chi connectivity index (χ1v) is 12.8. The van der Waals surface area contributed by atoms with Crippen molar-refractivity contribution in [2.75, 3.05) is 4.90 Å².